The van der Waals surface area contributed by atoms with Gasteiger partial charge in [-0.25, -0.2) is 4.79 Å². The molecule has 2 rings (SSSR count). The molecule has 3 amide bonds. The normalized spacial score (nSPS) is 20.5. The van der Waals surface area contributed by atoms with Crippen molar-refractivity contribution in [3.63, 3.8) is 0 Å². The molecule has 2 atom stereocenters. The van der Waals surface area contributed by atoms with E-state index in [0.29, 0.717) is 24.8 Å². The van der Waals surface area contributed by atoms with E-state index in [1.165, 1.54) is 28.0 Å². The van der Waals surface area contributed by atoms with Crippen molar-refractivity contribution in [3.8, 4) is 0 Å². The van der Waals surface area contributed by atoms with Crippen LogP contribution in [0.1, 0.15) is 18.9 Å². The maximum Gasteiger partial charge on any atom is 0.317 e. The Morgan fingerprint density at radius 3 is 2.62 bits per heavy atom. The number of likely N-dealkylation sites (tertiary alicyclic amines) is 1. The molecule has 1 aromatic heterocycles. The summed E-state index contributed by atoms with van der Waals surface area (Å²) in [6.07, 6.45) is 0. The molecule has 0 aliphatic carbocycles. The zero-order valence-corrected chi connectivity index (χ0v) is 16.4. The van der Waals surface area contributed by atoms with Crippen LogP contribution in [-0.2, 0) is 4.79 Å². The Balaban J connectivity index is 1.93. The van der Waals surface area contributed by atoms with Gasteiger partial charge < -0.3 is 15.1 Å². The van der Waals surface area contributed by atoms with Crippen LogP contribution in [0.5, 0.6) is 0 Å². The van der Waals surface area contributed by atoms with Gasteiger partial charge in [-0.05, 0) is 12.8 Å². The molecule has 0 saturated carbocycles. The summed E-state index contributed by atoms with van der Waals surface area (Å²) in [5, 5.41) is 11.9. The number of aromatic nitrogens is 2. The number of nitrogens with one attached hydrogen (secondary N) is 1. The molecular formula is C15H25N5O2S2. The lowest BCUT2D eigenvalue weighted by Crippen LogP contribution is -2.46. The summed E-state index contributed by atoms with van der Waals surface area (Å²) in [6.45, 7) is 7.41. The third kappa shape index (κ3) is 4.83. The number of hydrogen-bond acceptors (Lipinski definition) is 6. The van der Waals surface area contributed by atoms with Crippen LogP contribution in [-0.4, -0.2) is 70.9 Å². The molecule has 1 aromatic rings. The molecule has 2 heterocycles. The molecule has 1 aliphatic rings. The summed E-state index contributed by atoms with van der Waals surface area (Å²) in [4.78, 5) is 27.8. The second kappa shape index (κ2) is 8.15. The first-order valence-corrected chi connectivity index (χ1v) is 9.76. The van der Waals surface area contributed by atoms with E-state index in [4.69, 9.17) is 0 Å². The molecule has 7 nitrogen and oxygen atoms in total. The molecule has 0 bridgehead atoms. The van der Waals surface area contributed by atoms with Gasteiger partial charge in [-0.1, -0.05) is 36.9 Å². The molecule has 1 aliphatic heterocycles. The molecule has 134 valence electrons. The summed E-state index contributed by atoms with van der Waals surface area (Å²) < 4.78 is 0.818. The first-order chi connectivity index (χ1) is 11.3. The number of carbonyl (C=O) groups excluding carboxylic acids is 2. The van der Waals surface area contributed by atoms with Crippen molar-refractivity contribution in [2.75, 3.05) is 32.9 Å². The van der Waals surface area contributed by atoms with Crippen molar-refractivity contribution in [2.45, 2.75) is 31.2 Å². The summed E-state index contributed by atoms with van der Waals surface area (Å²) in [5.74, 6) is 1.11. The minimum atomic E-state index is -0.112. The van der Waals surface area contributed by atoms with Gasteiger partial charge >= 0.3 is 6.03 Å². The second-order valence-corrected chi connectivity index (χ2v) is 8.94. The fraction of sp³-hybridized carbons (Fsp3) is 0.733. The minimum Gasteiger partial charge on any atom is -0.340 e. The van der Waals surface area contributed by atoms with Crippen LogP contribution in [0, 0.1) is 18.8 Å². The predicted octanol–water partition coefficient (Wildman–Crippen LogP) is 1.69. The number of aryl methyl sites for hydroxylation is 1. The highest BCUT2D eigenvalue weighted by Crippen LogP contribution is 2.27. The number of rotatable bonds is 5. The van der Waals surface area contributed by atoms with E-state index in [1.807, 2.05) is 11.8 Å². The molecule has 0 aromatic carbocycles. The van der Waals surface area contributed by atoms with E-state index in [0.717, 1.165) is 9.35 Å². The summed E-state index contributed by atoms with van der Waals surface area (Å²) in [5.41, 5.74) is 0. The number of urea groups is 1. The van der Waals surface area contributed by atoms with Crippen molar-refractivity contribution in [1.82, 2.24) is 25.3 Å². The van der Waals surface area contributed by atoms with Gasteiger partial charge in [0.2, 0.25) is 5.91 Å². The standard InChI is InChI=1S/C15H25N5O2S2/c1-9(2)11-6-20(7-12(11)16-14(22)19(4)5)13(21)8-23-15-18-17-10(3)24-15/h9,11-12H,6-8H2,1-5H3,(H,16,22). The van der Waals surface area contributed by atoms with Crippen LogP contribution in [0.4, 0.5) is 4.79 Å². The van der Waals surface area contributed by atoms with Crippen LogP contribution in [0.25, 0.3) is 0 Å². The molecule has 9 heteroatoms. The molecule has 2 unspecified atom stereocenters. The van der Waals surface area contributed by atoms with E-state index < -0.39 is 0 Å². The van der Waals surface area contributed by atoms with Crippen LogP contribution in [0.3, 0.4) is 0 Å². The highest BCUT2D eigenvalue weighted by molar-refractivity contribution is 8.01. The van der Waals surface area contributed by atoms with Crippen LogP contribution in [0.15, 0.2) is 4.34 Å². The molecule has 0 spiro atoms. The zero-order valence-electron chi connectivity index (χ0n) is 14.8. The number of amides is 3. The van der Waals surface area contributed by atoms with Crippen molar-refractivity contribution in [2.24, 2.45) is 11.8 Å². The van der Waals surface area contributed by atoms with Gasteiger partial charge in [0.15, 0.2) is 4.34 Å². The monoisotopic (exact) mass is 371 g/mol. The lowest BCUT2D eigenvalue weighted by atomic mass is 9.91. The zero-order chi connectivity index (χ0) is 17.9. The Labute approximate surface area is 151 Å². The SMILES string of the molecule is Cc1nnc(SCC(=O)N2CC(NC(=O)N(C)C)C(C(C)C)C2)s1. The van der Waals surface area contributed by atoms with Gasteiger partial charge in [-0.2, -0.15) is 0 Å². The first kappa shape index (κ1) is 19.0. The number of hydrogen-bond donors (Lipinski definition) is 1. The van der Waals surface area contributed by atoms with E-state index in [-0.39, 0.29) is 23.9 Å². The largest absolute Gasteiger partial charge is 0.340 e. The maximum absolute atomic E-state index is 12.5. The van der Waals surface area contributed by atoms with Crippen molar-refractivity contribution < 1.29 is 9.59 Å². The highest BCUT2D eigenvalue weighted by Gasteiger charge is 2.37. The molecular weight excluding hydrogens is 346 g/mol. The van der Waals surface area contributed by atoms with Gasteiger partial charge in [0, 0.05) is 33.1 Å². The lowest BCUT2D eigenvalue weighted by molar-refractivity contribution is -0.127. The van der Waals surface area contributed by atoms with Crippen LogP contribution in [0.2, 0.25) is 0 Å². The quantitative estimate of drug-likeness (QED) is 0.797. The predicted molar refractivity (Wildman–Crippen MR) is 96.3 cm³/mol. The van der Waals surface area contributed by atoms with Crippen molar-refractivity contribution >= 4 is 35.0 Å². The van der Waals surface area contributed by atoms with E-state index in [9.17, 15) is 9.59 Å². The summed E-state index contributed by atoms with van der Waals surface area (Å²) in [6, 6.07) is -0.115. The summed E-state index contributed by atoms with van der Waals surface area (Å²) in [7, 11) is 3.44. The fourth-order valence-electron chi connectivity index (χ4n) is 2.70. The number of carbonyl (C=O) groups is 2. The van der Waals surface area contributed by atoms with Gasteiger partial charge in [-0.3, -0.25) is 4.79 Å². The smallest absolute Gasteiger partial charge is 0.317 e. The first-order valence-electron chi connectivity index (χ1n) is 7.96. The van der Waals surface area contributed by atoms with Crippen LogP contribution >= 0.6 is 23.1 Å². The van der Waals surface area contributed by atoms with Crippen LogP contribution < -0.4 is 5.32 Å². The molecule has 0 radical (unpaired) electrons. The van der Waals surface area contributed by atoms with Gasteiger partial charge in [-0.15, -0.1) is 10.2 Å². The Morgan fingerprint density at radius 2 is 2.08 bits per heavy atom. The molecule has 1 fully saturated rings. The second-order valence-electron chi connectivity index (χ2n) is 6.53. The molecule has 1 saturated heterocycles. The Bertz CT molecular complexity index is 590. The number of thioether (sulfide) groups is 1. The fourth-order valence-corrected chi connectivity index (χ4v) is 4.42. The molecule has 24 heavy (non-hydrogen) atoms. The van der Waals surface area contributed by atoms with E-state index >= 15 is 0 Å². The van der Waals surface area contributed by atoms with E-state index in [1.54, 1.807) is 14.1 Å². The Kier molecular flexibility index (Phi) is 6.45. The van der Waals surface area contributed by atoms with Crippen molar-refractivity contribution in [3.05, 3.63) is 5.01 Å². The Morgan fingerprint density at radius 1 is 1.38 bits per heavy atom. The topological polar surface area (TPSA) is 78.4 Å². The summed E-state index contributed by atoms with van der Waals surface area (Å²) >= 11 is 2.92. The average Bonchev–Trinajstić information content (AvgIpc) is 3.11. The average molecular weight is 372 g/mol. The van der Waals surface area contributed by atoms with Gasteiger partial charge in [0.25, 0.3) is 0 Å². The maximum atomic E-state index is 12.5. The Hall–Kier alpha value is -1.35. The third-order valence-electron chi connectivity index (χ3n) is 4.12. The van der Waals surface area contributed by atoms with Gasteiger partial charge in [0.1, 0.15) is 5.01 Å². The van der Waals surface area contributed by atoms with Gasteiger partial charge in [0.05, 0.1) is 11.8 Å². The minimum absolute atomic E-state index is 0.00220. The molecule has 1 N–H and O–H groups in total. The third-order valence-corrected chi connectivity index (χ3v) is 6.07. The van der Waals surface area contributed by atoms with E-state index in [2.05, 4.69) is 29.4 Å². The highest BCUT2D eigenvalue weighted by atomic mass is 32.2. The van der Waals surface area contributed by atoms with Crippen molar-refractivity contribution in [1.29, 1.82) is 0 Å². The number of nitrogens with zero attached hydrogens (tertiary/aromatic N) is 4. The lowest BCUT2D eigenvalue weighted by Gasteiger charge is -2.24.